The van der Waals surface area contributed by atoms with Crippen LogP contribution in [0.2, 0.25) is 0 Å². The van der Waals surface area contributed by atoms with Gasteiger partial charge in [0, 0.05) is 12.3 Å². The van der Waals surface area contributed by atoms with Crippen LogP contribution in [0.15, 0.2) is 21.9 Å². The number of nitrogens with one attached hydrogen (secondary N) is 2. The van der Waals surface area contributed by atoms with Gasteiger partial charge in [0.15, 0.2) is 12.5 Å². The summed E-state index contributed by atoms with van der Waals surface area (Å²) >= 11 is 0. The van der Waals surface area contributed by atoms with Crippen molar-refractivity contribution < 1.29 is 81.1 Å². The van der Waals surface area contributed by atoms with E-state index in [0.29, 0.717) is 4.57 Å². The number of phosphoric ester groups is 2. The number of likely N-dealkylation sites (N-methyl/N-ethyl adjacent to an activating group) is 1. The van der Waals surface area contributed by atoms with Crippen molar-refractivity contribution in [1.29, 1.82) is 0 Å². The van der Waals surface area contributed by atoms with Crippen molar-refractivity contribution >= 4 is 23.5 Å². The molecule has 0 aromatic carbocycles. The number of aliphatic hydroxyl groups excluding tert-OH is 4. The van der Waals surface area contributed by atoms with Crippen LogP contribution in [0.5, 0.6) is 0 Å². The van der Waals surface area contributed by atoms with E-state index in [1.165, 1.54) is 0 Å². The molecule has 0 amide bonds. The first-order chi connectivity index (χ1) is 18.9. The molecule has 10 atom stereocenters. The van der Waals surface area contributed by atoms with E-state index >= 15 is 0 Å². The van der Waals surface area contributed by atoms with E-state index in [1.807, 2.05) is 4.98 Å². The molecule has 3 heterocycles. The summed E-state index contributed by atoms with van der Waals surface area (Å²) in [6.45, 7) is -2.09. The molecule has 41 heavy (non-hydrogen) atoms. The third-order valence-corrected chi connectivity index (χ3v) is 8.84. The van der Waals surface area contributed by atoms with Crippen molar-refractivity contribution in [2.45, 2.75) is 55.2 Å². The Hall–Kier alpha value is -1.23. The lowest BCUT2D eigenvalue weighted by Gasteiger charge is -2.43. The molecule has 1 unspecified atom stereocenters. The van der Waals surface area contributed by atoms with Crippen LogP contribution < -0.4 is 16.6 Å². The zero-order chi connectivity index (χ0) is 30.9. The van der Waals surface area contributed by atoms with Gasteiger partial charge >= 0.3 is 29.2 Å². The second-order valence-corrected chi connectivity index (χ2v) is 12.8. The number of H-pyrrole nitrogens is 1. The van der Waals surface area contributed by atoms with Crippen molar-refractivity contribution in [3.05, 3.63) is 33.1 Å². The highest BCUT2D eigenvalue weighted by molar-refractivity contribution is 7.61. The van der Waals surface area contributed by atoms with Crippen LogP contribution in [0.1, 0.15) is 6.23 Å². The SMILES string of the molecule is CN[C@H]1[C@@H](OP(=O)(OC[C@H]2O[C@@H](n3ccc(=O)[nH]c3=O)[C@H](O)[C@@H]2O)OP(=O)(O)O)O[C@H](CO)[C@@H](O)[C@@H]1OP(=O)(O)O. The summed E-state index contributed by atoms with van der Waals surface area (Å²) in [6.07, 6.45) is -13.7. The molecule has 1 aromatic rings. The Morgan fingerprint density at radius 2 is 1.63 bits per heavy atom. The zero-order valence-corrected chi connectivity index (χ0v) is 23.3. The second kappa shape index (κ2) is 13.2. The first-order valence-electron chi connectivity index (χ1n) is 11.3. The molecule has 25 heteroatoms. The van der Waals surface area contributed by atoms with E-state index in [1.54, 1.807) is 0 Å². The second-order valence-electron chi connectivity index (χ2n) is 8.58. The first-order valence-corrected chi connectivity index (χ1v) is 15.8. The summed E-state index contributed by atoms with van der Waals surface area (Å²) in [5.41, 5.74) is -1.81. The fourth-order valence-corrected chi connectivity index (χ4v) is 6.75. The summed E-state index contributed by atoms with van der Waals surface area (Å²) in [7, 11) is -15.4. The molecular weight excluding hydrogens is 631 g/mol. The molecule has 0 spiro atoms. The van der Waals surface area contributed by atoms with Crippen molar-refractivity contribution in [3.8, 4) is 0 Å². The third kappa shape index (κ3) is 8.67. The van der Waals surface area contributed by atoms with Crippen molar-refractivity contribution in [2.75, 3.05) is 20.3 Å². The predicted octanol–water partition coefficient (Wildman–Crippen LogP) is -4.45. The van der Waals surface area contributed by atoms with Gasteiger partial charge in [-0.25, -0.2) is 18.5 Å². The number of rotatable bonds is 12. The first kappa shape index (κ1) is 34.3. The average Bonchev–Trinajstić information content (AvgIpc) is 3.11. The van der Waals surface area contributed by atoms with Gasteiger partial charge in [-0.1, -0.05) is 0 Å². The lowest BCUT2D eigenvalue weighted by atomic mass is 9.97. The molecule has 236 valence electrons. The smallest absolute Gasteiger partial charge is 0.394 e. The van der Waals surface area contributed by atoms with Gasteiger partial charge in [0.25, 0.3) is 5.56 Å². The highest BCUT2D eigenvalue weighted by Crippen LogP contribution is 2.62. The van der Waals surface area contributed by atoms with Gasteiger partial charge in [-0.2, -0.15) is 4.31 Å². The summed E-state index contributed by atoms with van der Waals surface area (Å²) in [5.74, 6) is 0. The Morgan fingerprint density at radius 1 is 0.976 bits per heavy atom. The van der Waals surface area contributed by atoms with Crippen LogP contribution in [0.4, 0.5) is 0 Å². The number of ether oxygens (including phenoxy) is 2. The molecule has 2 aliphatic heterocycles. The highest BCUT2D eigenvalue weighted by Gasteiger charge is 2.53. The molecule has 2 fully saturated rings. The van der Waals surface area contributed by atoms with E-state index in [9.17, 15) is 63.3 Å². The molecule has 0 bridgehead atoms. The molecule has 0 aliphatic carbocycles. The quantitative estimate of drug-likeness (QED) is 0.0946. The predicted molar refractivity (Wildman–Crippen MR) is 127 cm³/mol. The van der Waals surface area contributed by atoms with E-state index < -0.39 is 103 Å². The maximum absolute atomic E-state index is 13.3. The molecule has 10 N–H and O–H groups in total. The van der Waals surface area contributed by atoms with Gasteiger partial charge in [0.05, 0.1) is 19.3 Å². The molecule has 3 rings (SSSR count). The van der Waals surface area contributed by atoms with E-state index in [4.69, 9.17) is 18.5 Å². The number of aromatic nitrogens is 2. The summed E-state index contributed by atoms with van der Waals surface area (Å²) in [6, 6.07) is -0.740. The van der Waals surface area contributed by atoms with Crippen molar-refractivity contribution in [3.63, 3.8) is 0 Å². The molecule has 0 radical (unpaired) electrons. The van der Waals surface area contributed by atoms with Crippen LogP contribution in [0.25, 0.3) is 0 Å². The fraction of sp³-hybridized carbons (Fsp3) is 0.750. The van der Waals surface area contributed by atoms with Crippen LogP contribution in [-0.2, 0) is 41.1 Å². The van der Waals surface area contributed by atoms with E-state index in [2.05, 4.69) is 14.2 Å². The number of nitrogens with zero attached hydrogens (tertiary/aromatic N) is 1. The minimum absolute atomic E-state index is 0.701. The van der Waals surface area contributed by atoms with Gasteiger partial charge in [-0.05, 0) is 7.05 Å². The Morgan fingerprint density at radius 3 is 2.17 bits per heavy atom. The fourth-order valence-electron chi connectivity index (χ4n) is 3.96. The van der Waals surface area contributed by atoms with Gasteiger partial charge in [0.2, 0.25) is 0 Å². The summed E-state index contributed by atoms with van der Waals surface area (Å²) in [5, 5.41) is 42.9. The van der Waals surface area contributed by atoms with E-state index in [-0.39, 0.29) is 0 Å². The lowest BCUT2D eigenvalue weighted by Crippen LogP contribution is -2.63. The maximum Gasteiger partial charge on any atom is 0.486 e. The minimum Gasteiger partial charge on any atom is -0.394 e. The molecule has 0 saturated carbocycles. The Labute approximate surface area is 228 Å². The Balaban J connectivity index is 1.84. The monoisotopic (exact) mass is 659 g/mol. The van der Waals surface area contributed by atoms with Crippen LogP contribution >= 0.6 is 23.5 Å². The van der Waals surface area contributed by atoms with Gasteiger partial charge in [0.1, 0.15) is 36.6 Å². The molecular formula is C16H28N3O19P3. The number of hydrogen-bond donors (Lipinski definition) is 10. The largest absolute Gasteiger partial charge is 0.486 e. The minimum atomic E-state index is -5.70. The third-order valence-electron chi connectivity index (χ3n) is 5.74. The van der Waals surface area contributed by atoms with Gasteiger partial charge in [-0.3, -0.25) is 27.9 Å². The van der Waals surface area contributed by atoms with Gasteiger partial charge < -0.3 is 54.8 Å². The van der Waals surface area contributed by atoms with Crippen LogP contribution in [0.3, 0.4) is 0 Å². The standard InChI is InChI=1S/C16H28N3O19P3/c1-17-9-13(36-39(26,27)28)11(23)6(4-20)35-15(9)37-41(32,38-40(29,30)31)33-5-7-10(22)12(24)14(34-7)19-3-2-8(21)18-16(19)25/h2-3,6-7,9-15,17,20,22-24H,4-5H2,1H3,(H,18,21,25)(H2,26,27,28)(H2,29,30,31)/t6-,7-,9-,10-,11-,12-,13-,14-,15-,41?/m1/s1. The van der Waals surface area contributed by atoms with E-state index in [0.717, 1.165) is 19.3 Å². The highest BCUT2D eigenvalue weighted by atomic mass is 31.3. The van der Waals surface area contributed by atoms with Crippen LogP contribution in [0, 0.1) is 0 Å². The number of phosphoric acid groups is 3. The summed E-state index contributed by atoms with van der Waals surface area (Å²) in [4.78, 5) is 62.2. The van der Waals surface area contributed by atoms with Crippen molar-refractivity contribution in [1.82, 2.24) is 14.9 Å². The van der Waals surface area contributed by atoms with Crippen molar-refractivity contribution in [2.24, 2.45) is 0 Å². The molecule has 2 saturated heterocycles. The number of aromatic amines is 1. The Kier molecular flexibility index (Phi) is 11.0. The van der Waals surface area contributed by atoms with Gasteiger partial charge in [-0.15, -0.1) is 0 Å². The molecule has 1 aromatic heterocycles. The average molecular weight is 659 g/mol. The number of aliphatic hydroxyl groups is 4. The molecule has 22 nitrogen and oxygen atoms in total. The summed E-state index contributed by atoms with van der Waals surface area (Å²) < 4.78 is 66.3. The topological polar surface area (TPSA) is 335 Å². The van der Waals surface area contributed by atoms with Crippen LogP contribution in [-0.4, -0.2) is 119 Å². The maximum atomic E-state index is 13.3. The normalized spacial score (nSPS) is 34.4. The lowest BCUT2D eigenvalue weighted by molar-refractivity contribution is -0.245. The number of hydrogen-bond acceptors (Lipinski definition) is 16. The zero-order valence-electron chi connectivity index (χ0n) is 20.6. The molecule has 2 aliphatic rings. The Bertz CT molecular complexity index is 1310.